The minimum atomic E-state index is -0.524. The van der Waals surface area contributed by atoms with Crippen molar-refractivity contribution in [3.8, 4) is 0 Å². The fourth-order valence-corrected chi connectivity index (χ4v) is 2.62. The van der Waals surface area contributed by atoms with Gasteiger partial charge in [-0.1, -0.05) is 42.5 Å². The summed E-state index contributed by atoms with van der Waals surface area (Å²) >= 11 is 0. The van der Waals surface area contributed by atoms with Gasteiger partial charge in [-0.25, -0.2) is 0 Å². The number of nitrogens with one attached hydrogen (secondary N) is 1. The number of ether oxygens (including phenoxy) is 1. The summed E-state index contributed by atoms with van der Waals surface area (Å²) in [7, 11) is 0. The van der Waals surface area contributed by atoms with E-state index in [1.807, 2.05) is 57.2 Å². The first-order valence-corrected chi connectivity index (χ1v) is 8.47. The third-order valence-electron chi connectivity index (χ3n) is 3.74. The average molecular weight is 342 g/mol. The lowest BCUT2D eigenvalue weighted by Gasteiger charge is -2.20. The molecule has 2 aromatic carbocycles. The number of fused-ring (bicyclic) bond motifs is 1. The lowest BCUT2D eigenvalue weighted by molar-refractivity contribution is -0.154. The van der Waals surface area contributed by atoms with Crippen molar-refractivity contribution in [3.63, 3.8) is 0 Å². The van der Waals surface area contributed by atoms with E-state index in [1.165, 1.54) is 0 Å². The molecule has 1 atom stereocenters. The summed E-state index contributed by atoms with van der Waals surface area (Å²) in [6.07, 6.45) is 0.674. The lowest BCUT2D eigenvalue weighted by atomic mass is 10.0. The molecule has 0 saturated heterocycles. The highest BCUT2D eigenvalue weighted by Crippen LogP contribution is 2.16. The first-order chi connectivity index (χ1) is 11.7. The maximum atomic E-state index is 11.7. The van der Waals surface area contributed by atoms with E-state index in [0.717, 1.165) is 16.3 Å². The molecule has 134 valence electrons. The van der Waals surface area contributed by atoms with Gasteiger partial charge >= 0.3 is 5.97 Å². The number of benzene rings is 2. The zero-order chi connectivity index (χ0) is 18.4. The molecule has 0 radical (unpaired) electrons. The van der Waals surface area contributed by atoms with Gasteiger partial charge in [-0.05, 0) is 43.5 Å². The Morgan fingerprint density at radius 2 is 1.80 bits per heavy atom. The molecule has 5 heteroatoms. The SMILES string of the molecule is CC(C)(C)OC(=O)CCNC(Cc1ccc2ccccc2c1)C(N)=O. The summed E-state index contributed by atoms with van der Waals surface area (Å²) < 4.78 is 5.25. The second kappa shape index (κ2) is 8.12. The Kier molecular flexibility index (Phi) is 6.15. The minimum absolute atomic E-state index is 0.193. The van der Waals surface area contributed by atoms with Crippen LogP contribution in [0.1, 0.15) is 32.8 Å². The maximum Gasteiger partial charge on any atom is 0.307 e. The van der Waals surface area contributed by atoms with Crippen LogP contribution in [0.2, 0.25) is 0 Å². The molecule has 1 unspecified atom stereocenters. The third kappa shape index (κ3) is 6.19. The Balaban J connectivity index is 1.93. The second-order valence-electron chi connectivity index (χ2n) is 7.13. The number of hydrogen-bond acceptors (Lipinski definition) is 4. The van der Waals surface area contributed by atoms with Gasteiger partial charge in [-0.2, -0.15) is 0 Å². The molecular weight excluding hydrogens is 316 g/mol. The molecule has 0 spiro atoms. The van der Waals surface area contributed by atoms with Crippen molar-refractivity contribution in [3.05, 3.63) is 48.0 Å². The summed E-state index contributed by atoms with van der Waals surface area (Å²) in [5.74, 6) is -0.730. The van der Waals surface area contributed by atoms with Gasteiger partial charge in [0, 0.05) is 6.54 Å². The van der Waals surface area contributed by atoms with Crippen LogP contribution in [0.25, 0.3) is 10.8 Å². The predicted molar refractivity (Wildman–Crippen MR) is 99.1 cm³/mol. The second-order valence-corrected chi connectivity index (χ2v) is 7.13. The van der Waals surface area contributed by atoms with Crippen LogP contribution in [0, 0.1) is 0 Å². The van der Waals surface area contributed by atoms with Gasteiger partial charge in [0.1, 0.15) is 5.60 Å². The molecule has 0 heterocycles. The maximum absolute atomic E-state index is 11.7. The van der Waals surface area contributed by atoms with Gasteiger partial charge in [0.15, 0.2) is 0 Å². The molecule has 0 aliphatic carbocycles. The van der Waals surface area contributed by atoms with Crippen molar-refractivity contribution in [2.24, 2.45) is 5.73 Å². The van der Waals surface area contributed by atoms with Crippen LogP contribution in [-0.2, 0) is 20.7 Å². The highest BCUT2D eigenvalue weighted by atomic mass is 16.6. The van der Waals surface area contributed by atoms with E-state index < -0.39 is 17.6 Å². The highest BCUT2D eigenvalue weighted by molar-refractivity contribution is 5.84. The van der Waals surface area contributed by atoms with Crippen LogP contribution >= 0.6 is 0 Å². The molecule has 25 heavy (non-hydrogen) atoms. The Morgan fingerprint density at radius 1 is 1.12 bits per heavy atom. The number of carbonyl (C=O) groups excluding carboxylic acids is 2. The van der Waals surface area contributed by atoms with Crippen LogP contribution in [0.15, 0.2) is 42.5 Å². The first-order valence-electron chi connectivity index (χ1n) is 8.47. The minimum Gasteiger partial charge on any atom is -0.460 e. The zero-order valence-corrected chi connectivity index (χ0v) is 15.0. The molecular formula is C20H26N2O3. The van der Waals surface area contributed by atoms with E-state index >= 15 is 0 Å². The third-order valence-corrected chi connectivity index (χ3v) is 3.74. The Bertz CT molecular complexity index is 750. The van der Waals surface area contributed by atoms with Gasteiger partial charge in [0.25, 0.3) is 0 Å². The van der Waals surface area contributed by atoms with Crippen LogP contribution in [0.4, 0.5) is 0 Å². The largest absolute Gasteiger partial charge is 0.460 e. The summed E-state index contributed by atoms with van der Waals surface area (Å²) in [4.78, 5) is 23.5. The van der Waals surface area contributed by atoms with Crippen LogP contribution in [0.5, 0.6) is 0 Å². The zero-order valence-electron chi connectivity index (χ0n) is 15.0. The van der Waals surface area contributed by atoms with E-state index in [0.29, 0.717) is 13.0 Å². The molecule has 3 N–H and O–H groups in total. The molecule has 2 rings (SSSR count). The number of nitrogens with two attached hydrogens (primary N) is 1. The van der Waals surface area contributed by atoms with Crippen molar-refractivity contribution in [1.29, 1.82) is 0 Å². The standard InChI is InChI=1S/C20H26N2O3/c1-20(2,3)25-18(23)10-11-22-17(19(21)24)13-14-8-9-15-6-4-5-7-16(15)12-14/h4-9,12,17,22H,10-11,13H2,1-3H3,(H2,21,24). The molecule has 0 fully saturated rings. The molecule has 0 aliphatic rings. The van der Waals surface area contributed by atoms with Gasteiger partial charge < -0.3 is 15.8 Å². The fraction of sp³-hybridized carbons (Fsp3) is 0.400. The van der Waals surface area contributed by atoms with Gasteiger partial charge in [0.2, 0.25) is 5.91 Å². The molecule has 0 bridgehead atoms. The van der Waals surface area contributed by atoms with E-state index in [9.17, 15) is 9.59 Å². The number of primary amides is 1. The van der Waals surface area contributed by atoms with Crippen molar-refractivity contribution in [2.45, 2.75) is 45.3 Å². The van der Waals surface area contributed by atoms with Gasteiger partial charge in [0.05, 0.1) is 12.5 Å². The number of amides is 1. The van der Waals surface area contributed by atoms with Crippen LogP contribution in [-0.4, -0.2) is 30.1 Å². The average Bonchev–Trinajstić information content (AvgIpc) is 2.52. The predicted octanol–water partition coefficient (Wildman–Crippen LogP) is 2.56. The van der Waals surface area contributed by atoms with E-state index in [-0.39, 0.29) is 12.4 Å². The van der Waals surface area contributed by atoms with Crippen LogP contribution in [0.3, 0.4) is 0 Å². The topological polar surface area (TPSA) is 81.4 Å². The van der Waals surface area contributed by atoms with Crippen molar-refractivity contribution < 1.29 is 14.3 Å². The fourth-order valence-electron chi connectivity index (χ4n) is 2.62. The summed E-state index contributed by atoms with van der Waals surface area (Å²) in [5, 5.41) is 5.33. The Labute approximate surface area is 148 Å². The smallest absolute Gasteiger partial charge is 0.307 e. The quantitative estimate of drug-likeness (QED) is 0.758. The first kappa shape index (κ1) is 18.9. The number of esters is 1. The molecule has 5 nitrogen and oxygen atoms in total. The van der Waals surface area contributed by atoms with Gasteiger partial charge in [-0.3, -0.25) is 9.59 Å². The van der Waals surface area contributed by atoms with Crippen molar-refractivity contribution in [2.75, 3.05) is 6.54 Å². The normalized spacial score (nSPS) is 12.8. The van der Waals surface area contributed by atoms with Crippen molar-refractivity contribution in [1.82, 2.24) is 5.32 Å². The van der Waals surface area contributed by atoms with Crippen LogP contribution < -0.4 is 11.1 Å². The van der Waals surface area contributed by atoms with E-state index in [1.54, 1.807) is 0 Å². The van der Waals surface area contributed by atoms with E-state index in [4.69, 9.17) is 10.5 Å². The summed E-state index contributed by atoms with van der Waals surface area (Å²) in [5.41, 5.74) is 6.01. The number of rotatable bonds is 7. The Morgan fingerprint density at radius 3 is 2.44 bits per heavy atom. The monoisotopic (exact) mass is 342 g/mol. The van der Waals surface area contributed by atoms with Gasteiger partial charge in [-0.15, -0.1) is 0 Å². The lowest BCUT2D eigenvalue weighted by Crippen LogP contribution is -2.43. The number of carbonyl (C=O) groups is 2. The molecule has 0 aliphatic heterocycles. The summed E-state index contributed by atoms with van der Waals surface area (Å²) in [6.45, 7) is 5.81. The number of hydrogen-bond donors (Lipinski definition) is 2. The summed E-state index contributed by atoms with van der Waals surface area (Å²) in [6, 6.07) is 13.6. The molecule has 2 aromatic rings. The van der Waals surface area contributed by atoms with Crippen molar-refractivity contribution >= 4 is 22.6 Å². The molecule has 0 aromatic heterocycles. The molecule has 0 saturated carbocycles. The molecule has 1 amide bonds. The highest BCUT2D eigenvalue weighted by Gasteiger charge is 2.18. The Hall–Kier alpha value is -2.40. The van der Waals surface area contributed by atoms with E-state index in [2.05, 4.69) is 11.4 Å².